The molecule has 1 heterocycles. The average Bonchev–Trinajstić information content (AvgIpc) is 3.23. The van der Waals surface area contributed by atoms with Gasteiger partial charge in [-0.3, -0.25) is 14.3 Å². The first-order valence-corrected chi connectivity index (χ1v) is 14.6. The number of rotatable bonds is 11. The summed E-state index contributed by atoms with van der Waals surface area (Å²) in [7, 11) is 0.380. The van der Waals surface area contributed by atoms with Gasteiger partial charge in [-0.25, -0.2) is 22.8 Å². The van der Waals surface area contributed by atoms with Crippen molar-refractivity contribution in [2.45, 2.75) is 25.2 Å². The fraction of sp³-hybridized carbons (Fsp3) is 0.233. The highest BCUT2D eigenvalue weighted by molar-refractivity contribution is 7.92. The Morgan fingerprint density at radius 1 is 0.952 bits per heavy atom. The molecule has 220 valence electrons. The Morgan fingerprint density at radius 3 is 2.17 bits per heavy atom. The van der Waals surface area contributed by atoms with Crippen molar-refractivity contribution in [2.75, 3.05) is 25.1 Å². The standard InChI is InChI=1S/C30H33N5O6S/c1-6-25(22-17-18-26(40-4)27(19-22)41-5)31-32-28(36)20-34(42(38,39)24-15-11-8-12-16-24)29-21(2)33(3)35(30(29)37)23-13-9-7-10-14-23/h7-19H,6,20H2,1-5H3,(H,32,36)/b31-25-. The number of hydrogen-bond acceptors (Lipinski definition) is 7. The first kappa shape index (κ1) is 30.1. The number of benzene rings is 3. The van der Waals surface area contributed by atoms with Gasteiger partial charge in [-0.05, 0) is 55.8 Å². The first-order chi connectivity index (χ1) is 20.1. The lowest BCUT2D eigenvalue weighted by molar-refractivity contribution is -0.119. The summed E-state index contributed by atoms with van der Waals surface area (Å²) in [6.07, 6.45) is 0.460. The summed E-state index contributed by atoms with van der Waals surface area (Å²) >= 11 is 0. The molecular weight excluding hydrogens is 558 g/mol. The van der Waals surface area contributed by atoms with Crippen molar-refractivity contribution in [3.05, 3.63) is 100 Å². The lowest BCUT2D eigenvalue weighted by Gasteiger charge is -2.22. The quantitative estimate of drug-likeness (QED) is 0.210. The Bertz CT molecular complexity index is 1760. The van der Waals surface area contributed by atoms with Gasteiger partial charge in [0.25, 0.3) is 21.5 Å². The van der Waals surface area contributed by atoms with Crippen molar-refractivity contribution in [1.29, 1.82) is 0 Å². The highest BCUT2D eigenvalue weighted by Gasteiger charge is 2.33. The Hall–Kier alpha value is -4.84. The van der Waals surface area contributed by atoms with E-state index in [1.807, 2.05) is 13.0 Å². The zero-order valence-electron chi connectivity index (χ0n) is 24.1. The molecule has 0 fully saturated rings. The van der Waals surface area contributed by atoms with E-state index < -0.39 is 28.0 Å². The van der Waals surface area contributed by atoms with Crippen molar-refractivity contribution < 1.29 is 22.7 Å². The van der Waals surface area contributed by atoms with Crippen LogP contribution in [0.25, 0.3) is 5.69 Å². The number of nitrogens with one attached hydrogen (secondary N) is 1. The summed E-state index contributed by atoms with van der Waals surface area (Å²) < 4.78 is 42.2. The second-order valence-electron chi connectivity index (χ2n) is 9.25. The molecule has 0 unspecified atom stereocenters. The molecule has 0 aliphatic rings. The molecule has 0 aliphatic heterocycles. The summed E-state index contributed by atoms with van der Waals surface area (Å²) in [5.41, 5.74) is 3.87. The first-order valence-electron chi connectivity index (χ1n) is 13.1. The third-order valence-corrected chi connectivity index (χ3v) is 8.52. The van der Waals surface area contributed by atoms with Gasteiger partial charge in [-0.15, -0.1) is 0 Å². The monoisotopic (exact) mass is 591 g/mol. The predicted octanol–water partition coefficient (Wildman–Crippen LogP) is 3.63. The Balaban J connectivity index is 1.74. The molecule has 11 nitrogen and oxygen atoms in total. The molecule has 1 aromatic heterocycles. The van der Waals surface area contributed by atoms with Gasteiger partial charge in [0.1, 0.15) is 12.2 Å². The number of hydrazone groups is 1. The van der Waals surface area contributed by atoms with Gasteiger partial charge in [0.15, 0.2) is 11.5 Å². The predicted molar refractivity (Wildman–Crippen MR) is 161 cm³/mol. The number of methoxy groups -OCH3 is 2. The van der Waals surface area contributed by atoms with Crippen molar-refractivity contribution in [3.8, 4) is 17.2 Å². The molecule has 42 heavy (non-hydrogen) atoms. The van der Waals surface area contributed by atoms with Crippen LogP contribution in [0.4, 0.5) is 5.69 Å². The minimum atomic E-state index is -4.33. The molecular formula is C30H33N5O6S. The van der Waals surface area contributed by atoms with Gasteiger partial charge in [0.2, 0.25) is 0 Å². The molecule has 4 aromatic rings. The lowest BCUT2D eigenvalue weighted by Crippen LogP contribution is -2.42. The summed E-state index contributed by atoms with van der Waals surface area (Å²) in [5, 5.41) is 4.27. The number of amides is 1. The van der Waals surface area contributed by atoms with Crippen LogP contribution >= 0.6 is 0 Å². The van der Waals surface area contributed by atoms with Crippen LogP contribution in [0.15, 0.2) is 93.7 Å². The van der Waals surface area contributed by atoms with Crippen LogP contribution in [0, 0.1) is 6.92 Å². The number of sulfonamides is 1. The zero-order chi connectivity index (χ0) is 30.4. The van der Waals surface area contributed by atoms with E-state index in [1.165, 1.54) is 31.0 Å². The molecule has 0 aliphatic carbocycles. The molecule has 0 radical (unpaired) electrons. The van der Waals surface area contributed by atoms with Crippen molar-refractivity contribution in [1.82, 2.24) is 14.8 Å². The number of anilines is 1. The van der Waals surface area contributed by atoms with Gasteiger partial charge in [0, 0.05) is 12.6 Å². The fourth-order valence-corrected chi connectivity index (χ4v) is 6.00. The van der Waals surface area contributed by atoms with Gasteiger partial charge >= 0.3 is 0 Å². The minimum Gasteiger partial charge on any atom is -0.493 e. The van der Waals surface area contributed by atoms with Crippen molar-refractivity contribution in [3.63, 3.8) is 0 Å². The number of carbonyl (C=O) groups excluding carboxylic acids is 1. The maximum absolute atomic E-state index is 13.9. The molecule has 4 rings (SSSR count). The van der Waals surface area contributed by atoms with Crippen molar-refractivity contribution >= 4 is 27.3 Å². The highest BCUT2D eigenvalue weighted by Crippen LogP contribution is 2.28. The number of nitrogens with zero attached hydrogens (tertiary/aromatic N) is 4. The topological polar surface area (TPSA) is 124 Å². The fourth-order valence-electron chi connectivity index (χ4n) is 4.50. The van der Waals surface area contributed by atoms with E-state index in [1.54, 1.807) is 79.3 Å². The largest absolute Gasteiger partial charge is 0.493 e. The summed E-state index contributed by atoms with van der Waals surface area (Å²) in [6.45, 7) is 2.82. The van der Waals surface area contributed by atoms with E-state index in [2.05, 4.69) is 10.5 Å². The maximum Gasteiger partial charge on any atom is 0.296 e. The number of carbonyl (C=O) groups is 1. The molecule has 0 spiro atoms. The summed E-state index contributed by atoms with van der Waals surface area (Å²) in [6, 6.07) is 21.7. The van der Waals surface area contributed by atoms with E-state index in [0.717, 1.165) is 4.31 Å². The highest BCUT2D eigenvalue weighted by atomic mass is 32.2. The van der Waals surface area contributed by atoms with Gasteiger partial charge in [0.05, 0.1) is 36.2 Å². The molecule has 0 atom stereocenters. The Labute approximate surface area is 244 Å². The molecule has 0 saturated carbocycles. The van der Waals surface area contributed by atoms with E-state index >= 15 is 0 Å². The number of hydrogen-bond donors (Lipinski definition) is 1. The second kappa shape index (κ2) is 12.8. The third kappa shape index (κ3) is 5.93. The molecule has 0 saturated heterocycles. The number of aromatic nitrogens is 2. The second-order valence-corrected chi connectivity index (χ2v) is 11.1. The molecule has 1 N–H and O–H groups in total. The van der Waals surface area contributed by atoms with E-state index in [0.29, 0.717) is 40.6 Å². The Morgan fingerprint density at radius 2 is 1.57 bits per heavy atom. The summed E-state index contributed by atoms with van der Waals surface area (Å²) in [5.74, 6) is 0.314. The minimum absolute atomic E-state index is 0.0604. The van der Waals surface area contributed by atoms with E-state index in [-0.39, 0.29) is 10.6 Å². The third-order valence-electron chi connectivity index (χ3n) is 6.76. The SMILES string of the molecule is CC/C(=N/NC(=O)CN(c1c(C)n(C)n(-c2ccccc2)c1=O)S(=O)(=O)c1ccccc1)c1ccc(OC)c(OC)c1. The lowest BCUT2D eigenvalue weighted by atomic mass is 10.1. The van der Waals surface area contributed by atoms with Crippen LogP contribution in [-0.4, -0.2) is 50.2 Å². The van der Waals surface area contributed by atoms with Gasteiger partial charge in [-0.1, -0.05) is 43.3 Å². The molecule has 12 heteroatoms. The average molecular weight is 592 g/mol. The molecule has 3 aromatic carbocycles. The number of para-hydroxylation sites is 1. The van der Waals surface area contributed by atoms with Gasteiger partial charge in [-0.2, -0.15) is 5.10 Å². The Kier molecular flexibility index (Phi) is 9.16. The normalized spacial score (nSPS) is 11.7. The smallest absolute Gasteiger partial charge is 0.296 e. The van der Waals surface area contributed by atoms with Crippen LogP contribution in [0.2, 0.25) is 0 Å². The molecule has 1 amide bonds. The van der Waals surface area contributed by atoms with Crippen LogP contribution < -0.4 is 24.8 Å². The van der Waals surface area contributed by atoms with Gasteiger partial charge < -0.3 is 9.47 Å². The zero-order valence-corrected chi connectivity index (χ0v) is 24.9. The van der Waals surface area contributed by atoms with Crippen LogP contribution in [0.5, 0.6) is 11.5 Å². The van der Waals surface area contributed by atoms with E-state index in [4.69, 9.17) is 9.47 Å². The molecule has 0 bridgehead atoms. The van der Waals surface area contributed by atoms with Crippen LogP contribution in [0.1, 0.15) is 24.6 Å². The van der Waals surface area contributed by atoms with Crippen molar-refractivity contribution in [2.24, 2.45) is 12.1 Å². The van der Waals surface area contributed by atoms with Crippen LogP contribution in [0.3, 0.4) is 0 Å². The van der Waals surface area contributed by atoms with Crippen LogP contribution in [-0.2, 0) is 21.9 Å². The summed E-state index contributed by atoms with van der Waals surface area (Å²) in [4.78, 5) is 27.0. The maximum atomic E-state index is 13.9. The number of ether oxygens (including phenoxy) is 2. The van der Waals surface area contributed by atoms with E-state index in [9.17, 15) is 18.0 Å².